The first-order chi connectivity index (χ1) is 30.7. The normalized spacial score (nSPS) is 11.2. The third-order valence-corrected chi connectivity index (χ3v) is 13.1. The van der Waals surface area contributed by atoms with Gasteiger partial charge in [-0.15, -0.1) is 11.3 Å². The van der Waals surface area contributed by atoms with Crippen molar-refractivity contribution in [3.8, 4) is 66.8 Å². The Bertz CT molecular complexity index is 3240. The van der Waals surface area contributed by atoms with E-state index in [1.165, 1.54) is 86.9 Å². The maximum Gasteiger partial charge on any atom is 0.0462 e. The molecule has 0 aliphatic rings. The van der Waals surface area contributed by atoms with Crippen LogP contribution in [0.2, 0.25) is 0 Å². The highest BCUT2D eigenvalue weighted by Crippen LogP contribution is 2.42. The Morgan fingerprint density at radius 1 is 0.242 bits per heavy atom. The minimum Gasteiger partial charge on any atom is -0.311 e. The molecular formula is C60H41NS. The first-order valence-electron chi connectivity index (χ1n) is 21.2. The third-order valence-electron chi connectivity index (χ3n) is 11.9. The Labute approximate surface area is 367 Å². The number of anilines is 3. The molecule has 0 aliphatic heterocycles. The monoisotopic (exact) mass is 807 g/mol. The van der Waals surface area contributed by atoms with Gasteiger partial charge in [-0.2, -0.15) is 0 Å². The molecule has 0 radical (unpaired) electrons. The van der Waals surface area contributed by atoms with Gasteiger partial charge in [0, 0.05) is 37.2 Å². The van der Waals surface area contributed by atoms with Gasteiger partial charge in [-0.05, 0) is 133 Å². The molecule has 0 N–H and O–H groups in total. The van der Waals surface area contributed by atoms with E-state index in [4.69, 9.17) is 0 Å². The Balaban J connectivity index is 0.958. The molecule has 0 amide bonds. The van der Waals surface area contributed by atoms with Crippen molar-refractivity contribution < 1.29 is 0 Å². The molecule has 292 valence electrons. The van der Waals surface area contributed by atoms with Crippen molar-refractivity contribution in [2.45, 2.75) is 0 Å². The number of thiophene rings is 1. The summed E-state index contributed by atoms with van der Waals surface area (Å²) in [7, 11) is 0. The number of benzene rings is 10. The lowest BCUT2D eigenvalue weighted by Gasteiger charge is -2.26. The van der Waals surface area contributed by atoms with E-state index in [-0.39, 0.29) is 0 Å². The highest BCUT2D eigenvalue weighted by Gasteiger charge is 2.16. The zero-order chi connectivity index (χ0) is 41.2. The first-order valence-corrected chi connectivity index (χ1v) is 22.0. The molecule has 10 aromatic carbocycles. The van der Waals surface area contributed by atoms with Crippen molar-refractivity contribution in [2.75, 3.05) is 4.90 Å². The zero-order valence-electron chi connectivity index (χ0n) is 34.0. The molecule has 0 bridgehead atoms. The fourth-order valence-corrected chi connectivity index (χ4v) is 9.95. The number of nitrogens with zero attached hydrogens (tertiary/aromatic N) is 1. The van der Waals surface area contributed by atoms with Gasteiger partial charge < -0.3 is 4.90 Å². The first kappa shape index (κ1) is 37.2. The third kappa shape index (κ3) is 7.28. The summed E-state index contributed by atoms with van der Waals surface area (Å²) in [6, 6.07) is 90.2. The predicted molar refractivity (Wildman–Crippen MR) is 267 cm³/mol. The van der Waals surface area contributed by atoms with E-state index >= 15 is 0 Å². The second-order valence-corrected chi connectivity index (χ2v) is 16.8. The molecule has 1 aromatic heterocycles. The van der Waals surface area contributed by atoms with Gasteiger partial charge in [0.15, 0.2) is 0 Å². The molecule has 2 heteroatoms. The van der Waals surface area contributed by atoms with Gasteiger partial charge in [-0.3, -0.25) is 0 Å². The molecule has 11 rings (SSSR count). The number of rotatable bonds is 9. The smallest absolute Gasteiger partial charge is 0.0462 e. The van der Waals surface area contributed by atoms with Gasteiger partial charge in [0.2, 0.25) is 0 Å². The number of hydrogen-bond acceptors (Lipinski definition) is 2. The fraction of sp³-hybridized carbons (Fsp3) is 0. The standard InChI is InChI=1S/C60H41NS/c1-4-14-42(15-5-1)45-26-32-53(33-27-45)61(55-36-30-47(31-37-55)52-40-50(43-16-6-2-7-17-43)39-51(41-52)44-18-8-3-9-19-44)54-34-28-46(29-35-54)48-20-12-21-49(38-48)56-23-13-24-58-57-22-10-11-25-59(57)62-60(56)58/h1-41H. The van der Waals surface area contributed by atoms with Crippen LogP contribution < -0.4 is 4.90 Å². The van der Waals surface area contributed by atoms with Crippen LogP contribution in [0, 0.1) is 0 Å². The van der Waals surface area contributed by atoms with Crippen LogP contribution >= 0.6 is 11.3 Å². The van der Waals surface area contributed by atoms with Crippen LogP contribution in [0.3, 0.4) is 0 Å². The maximum absolute atomic E-state index is 2.36. The summed E-state index contributed by atoms with van der Waals surface area (Å²) in [5.74, 6) is 0. The molecule has 0 saturated heterocycles. The zero-order valence-corrected chi connectivity index (χ0v) is 34.8. The molecule has 0 fully saturated rings. The lowest BCUT2D eigenvalue weighted by Crippen LogP contribution is -2.09. The van der Waals surface area contributed by atoms with Crippen LogP contribution in [0.15, 0.2) is 249 Å². The largest absolute Gasteiger partial charge is 0.311 e. The van der Waals surface area contributed by atoms with Crippen LogP contribution in [0.25, 0.3) is 86.9 Å². The fourth-order valence-electron chi connectivity index (χ4n) is 8.72. The van der Waals surface area contributed by atoms with E-state index in [1.807, 2.05) is 11.3 Å². The molecule has 11 aromatic rings. The molecule has 0 unspecified atom stereocenters. The highest BCUT2D eigenvalue weighted by molar-refractivity contribution is 7.26. The summed E-state index contributed by atoms with van der Waals surface area (Å²) in [6.07, 6.45) is 0. The van der Waals surface area contributed by atoms with Crippen molar-refractivity contribution in [2.24, 2.45) is 0 Å². The summed E-state index contributed by atoms with van der Waals surface area (Å²) in [6.45, 7) is 0. The Kier molecular flexibility index (Phi) is 9.82. The molecule has 0 aliphatic carbocycles. The summed E-state index contributed by atoms with van der Waals surface area (Å²) in [5.41, 5.74) is 17.7. The quantitative estimate of drug-likeness (QED) is 0.140. The van der Waals surface area contributed by atoms with Crippen LogP contribution in [0.5, 0.6) is 0 Å². The van der Waals surface area contributed by atoms with E-state index in [2.05, 4.69) is 254 Å². The van der Waals surface area contributed by atoms with Crippen molar-refractivity contribution in [1.82, 2.24) is 0 Å². The Hall–Kier alpha value is -7.78. The van der Waals surface area contributed by atoms with Crippen LogP contribution in [0.1, 0.15) is 0 Å². The molecule has 0 spiro atoms. The van der Waals surface area contributed by atoms with Gasteiger partial charge >= 0.3 is 0 Å². The average Bonchev–Trinajstić information content (AvgIpc) is 3.75. The molecule has 1 nitrogen and oxygen atoms in total. The SMILES string of the molecule is c1ccc(-c2ccc(N(c3ccc(-c4cc(-c5ccccc5)cc(-c5ccccc5)c4)cc3)c3ccc(-c4cccc(-c5cccc6c5sc5ccccc56)c4)cc3)cc2)cc1. The Morgan fingerprint density at radius 3 is 1.13 bits per heavy atom. The number of fused-ring (bicyclic) bond motifs is 3. The second-order valence-electron chi connectivity index (χ2n) is 15.7. The van der Waals surface area contributed by atoms with Crippen LogP contribution in [-0.4, -0.2) is 0 Å². The summed E-state index contributed by atoms with van der Waals surface area (Å²) >= 11 is 1.88. The predicted octanol–water partition coefficient (Wildman–Crippen LogP) is 17.5. The molecule has 1 heterocycles. The summed E-state index contributed by atoms with van der Waals surface area (Å²) in [4.78, 5) is 2.36. The highest BCUT2D eigenvalue weighted by atomic mass is 32.1. The average molecular weight is 808 g/mol. The second kappa shape index (κ2) is 16.3. The molecule has 0 saturated carbocycles. The van der Waals surface area contributed by atoms with Crippen LogP contribution in [-0.2, 0) is 0 Å². The van der Waals surface area contributed by atoms with Gasteiger partial charge in [-0.1, -0.05) is 182 Å². The van der Waals surface area contributed by atoms with Gasteiger partial charge in [0.25, 0.3) is 0 Å². The van der Waals surface area contributed by atoms with E-state index in [0.29, 0.717) is 0 Å². The maximum atomic E-state index is 2.36. The molecule has 62 heavy (non-hydrogen) atoms. The molecular weight excluding hydrogens is 767 g/mol. The van der Waals surface area contributed by atoms with E-state index in [9.17, 15) is 0 Å². The minimum absolute atomic E-state index is 1.09. The van der Waals surface area contributed by atoms with Gasteiger partial charge in [-0.25, -0.2) is 0 Å². The van der Waals surface area contributed by atoms with Crippen LogP contribution in [0.4, 0.5) is 17.1 Å². The minimum atomic E-state index is 1.09. The van der Waals surface area contributed by atoms with Crippen molar-refractivity contribution in [3.63, 3.8) is 0 Å². The van der Waals surface area contributed by atoms with Gasteiger partial charge in [0.05, 0.1) is 0 Å². The lowest BCUT2D eigenvalue weighted by atomic mass is 9.93. The summed E-state index contributed by atoms with van der Waals surface area (Å²) < 4.78 is 2.66. The van der Waals surface area contributed by atoms with Crippen molar-refractivity contribution in [3.05, 3.63) is 249 Å². The Morgan fingerprint density at radius 2 is 0.597 bits per heavy atom. The van der Waals surface area contributed by atoms with Crippen molar-refractivity contribution >= 4 is 48.6 Å². The number of hydrogen-bond donors (Lipinski definition) is 0. The van der Waals surface area contributed by atoms with E-state index < -0.39 is 0 Å². The van der Waals surface area contributed by atoms with Gasteiger partial charge in [0.1, 0.15) is 0 Å². The van der Waals surface area contributed by atoms with E-state index in [1.54, 1.807) is 0 Å². The molecule has 0 atom stereocenters. The van der Waals surface area contributed by atoms with Crippen molar-refractivity contribution in [1.29, 1.82) is 0 Å². The topological polar surface area (TPSA) is 3.24 Å². The van der Waals surface area contributed by atoms with E-state index in [0.717, 1.165) is 17.1 Å². The lowest BCUT2D eigenvalue weighted by molar-refractivity contribution is 1.28. The summed E-state index contributed by atoms with van der Waals surface area (Å²) in [5, 5.41) is 2.64.